The number of aromatic nitrogens is 1. The van der Waals surface area contributed by atoms with Crippen LogP contribution in [0.15, 0.2) is 47.2 Å². The van der Waals surface area contributed by atoms with Crippen LogP contribution in [0, 0.1) is 0 Å². The molecule has 0 saturated heterocycles. The van der Waals surface area contributed by atoms with E-state index in [4.69, 9.17) is 4.74 Å². The molecule has 0 atom stereocenters. The van der Waals surface area contributed by atoms with Crippen molar-refractivity contribution in [3.63, 3.8) is 0 Å². The van der Waals surface area contributed by atoms with Crippen molar-refractivity contribution in [1.29, 1.82) is 0 Å². The largest absolute Gasteiger partial charge is 0.494 e. The van der Waals surface area contributed by atoms with E-state index in [-0.39, 0.29) is 5.91 Å². The molecule has 104 valence electrons. The first kappa shape index (κ1) is 14.5. The van der Waals surface area contributed by atoms with E-state index in [1.165, 1.54) is 6.20 Å². The molecule has 5 heteroatoms. The van der Waals surface area contributed by atoms with E-state index in [9.17, 15) is 4.79 Å². The molecule has 0 saturated carbocycles. The van der Waals surface area contributed by atoms with Crippen LogP contribution in [-0.2, 0) is 0 Å². The van der Waals surface area contributed by atoms with Gasteiger partial charge in [-0.05, 0) is 52.7 Å². The highest BCUT2D eigenvalue weighted by molar-refractivity contribution is 9.10. The summed E-state index contributed by atoms with van der Waals surface area (Å²) in [5.74, 6) is 0.606. The van der Waals surface area contributed by atoms with Crippen molar-refractivity contribution in [3.8, 4) is 5.75 Å². The van der Waals surface area contributed by atoms with Gasteiger partial charge in [0, 0.05) is 22.6 Å². The van der Waals surface area contributed by atoms with Crippen molar-refractivity contribution in [2.45, 2.75) is 13.3 Å². The van der Waals surface area contributed by atoms with Gasteiger partial charge in [0.2, 0.25) is 0 Å². The summed E-state index contributed by atoms with van der Waals surface area (Å²) in [7, 11) is 0. The lowest BCUT2D eigenvalue weighted by atomic mass is 10.2. The molecule has 4 nitrogen and oxygen atoms in total. The Hall–Kier alpha value is -1.88. The number of pyridine rings is 1. The van der Waals surface area contributed by atoms with Gasteiger partial charge in [-0.25, -0.2) is 0 Å². The summed E-state index contributed by atoms with van der Waals surface area (Å²) in [5.41, 5.74) is 1.23. The van der Waals surface area contributed by atoms with Crippen LogP contribution in [-0.4, -0.2) is 17.5 Å². The first-order valence-corrected chi connectivity index (χ1v) is 7.13. The molecule has 1 N–H and O–H groups in total. The van der Waals surface area contributed by atoms with Crippen LogP contribution in [0.4, 0.5) is 5.69 Å². The van der Waals surface area contributed by atoms with Crippen molar-refractivity contribution < 1.29 is 9.53 Å². The molecule has 1 aromatic carbocycles. The maximum absolute atomic E-state index is 12.0. The Balaban J connectivity index is 2.01. The van der Waals surface area contributed by atoms with Crippen LogP contribution in [0.3, 0.4) is 0 Å². The molecule has 0 fully saturated rings. The van der Waals surface area contributed by atoms with Crippen molar-refractivity contribution in [2.75, 3.05) is 11.9 Å². The van der Waals surface area contributed by atoms with Crippen LogP contribution in [0.5, 0.6) is 5.75 Å². The predicted molar refractivity (Wildman–Crippen MR) is 82.1 cm³/mol. The standard InChI is InChI=1S/C15H15BrN2O2/c1-2-7-20-14-5-3-13(4-6-14)18-15(19)11-8-12(16)10-17-9-11/h3-6,8-10H,2,7H2,1H3,(H,18,19). The van der Waals surface area contributed by atoms with Gasteiger partial charge >= 0.3 is 0 Å². The Labute approximate surface area is 126 Å². The highest BCUT2D eigenvalue weighted by Crippen LogP contribution is 2.17. The average molecular weight is 335 g/mol. The van der Waals surface area contributed by atoms with Gasteiger partial charge in [0.25, 0.3) is 5.91 Å². The number of halogens is 1. The van der Waals surface area contributed by atoms with Crippen LogP contribution in [0.25, 0.3) is 0 Å². The number of ether oxygens (including phenoxy) is 1. The number of benzene rings is 1. The lowest BCUT2D eigenvalue weighted by Gasteiger charge is -2.07. The average Bonchev–Trinajstić information content (AvgIpc) is 2.46. The van der Waals surface area contributed by atoms with Crippen molar-refractivity contribution in [1.82, 2.24) is 4.98 Å². The van der Waals surface area contributed by atoms with Gasteiger partial charge in [-0.3, -0.25) is 9.78 Å². The topological polar surface area (TPSA) is 51.2 Å². The van der Waals surface area contributed by atoms with Gasteiger partial charge in [0.1, 0.15) is 5.75 Å². The number of nitrogens with one attached hydrogen (secondary N) is 1. The number of carbonyl (C=O) groups is 1. The zero-order valence-electron chi connectivity index (χ0n) is 11.1. The molecule has 0 radical (unpaired) electrons. The number of rotatable bonds is 5. The van der Waals surface area contributed by atoms with Gasteiger partial charge in [-0.15, -0.1) is 0 Å². The van der Waals surface area contributed by atoms with Gasteiger partial charge < -0.3 is 10.1 Å². The summed E-state index contributed by atoms with van der Waals surface area (Å²) in [6.07, 6.45) is 4.13. The highest BCUT2D eigenvalue weighted by Gasteiger charge is 2.07. The maximum atomic E-state index is 12.0. The molecular weight excluding hydrogens is 320 g/mol. The molecule has 0 aliphatic heterocycles. The molecule has 20 heavy (non-hydrogen) atoms. The lowest BCUT2D eigenvalue weighted by molar-refractivity contribution is 0.102. The van der Waals surface area contributed by atoms with Crippen molar-refractivity contribution in [2.24, 2.45) is 0 Å². The molecule has 0 bridgehead atoms. The minimum Gasteiger partial charge on any atom is -0.494 e. The molecule has 1 amide bonds. The summed E-state index contributed by atoms with van der Waals surface area (Å²) in [5, 5.41) is 2.81. The summed E-state index contributed by atoms with van der Waals surface area (Å²) in [6, 6.07) is 9.03. The summed E-state index contributed by atoms with van der Waals surface area (Å²) >= 11 is 3.29. The normalized spacial score (nSPS) is 10.1. The Kier molecular flexibility index (Phi) is 5.12. The van der Waals surface area contributed by atoms with E-state index in [0.717, 1.165) is 22.3 Å². The SMILES string of the molecule is CCCOc1ccc(NC(=O)c2cncc(Br)c2)cc1. The van der Waals surface area contributed by atoms with Gasteiger partial charge in [0.15, 0.2) is 0 Å². The number of hydrogen-bond acceptors (Lipinski definition) is 3. The third-order valence-electron chi connectivity index (χ3n) is 2.55. The molecule has 0 aliphatic carbocycles. The van der Waals surface area contributed by atoms with Gasteiger partial charge in [-0.1, -0.05) is 6.92 Å². The zero-order chi connectivity index (χ0) is 14.4. The third kappa shape index (κ3) is 4.06. The number of carbonyl (C=O) groups excluding carboxylic acids is 1. The van der Waals surface area contributed by atoms with Gasteiger partial charge in [0.05, 0.1) is 12.2 Å². The van der Waals surface area contributed by atoms with Crippen LogP contribution >= 0.6 is 15.9 Å². The summed E-state index contributed by atoms with van der Waals surface area (Å²) in [6.45, 7) is 2.75. The Morgan fingerprint density at radius 1 is 1.30 bits per heavy atom. The van der Waals surface area contributed by atoms with E-state index < -0.39 is 0 Å². The summed E-state index contributed by atoms with van der Waals surface area (Å²) in [4.78, 5) is 16.0. The summed E-state index contributed by atoms with van der Waals surface area (Å²) < 4.78 is 6.26. The second-order valence-electron chi connectivity index (χ2n) is 4.22. The quantitative estimate of drug-likeness (QED) is 0.902. The molecular formula is C15H15BrN2O2. The van der Waals surface area contributed by atoms with E-state index in [0.29, 0.717) is 12.2 Å². The van der Waals surface area contributed by atoms with Crippen LogP contribution in [0.1, 0.15) is 23.7 Å². The minimum atomic E-state index is -0.193. The molecule has 0 aliphatic rings. The number of anilines is 1. The molecule has 0 unspecified atom stereocenters. The second kappa shape index (κ2) is 7.05. The van der Waals surface area contributed by atoms with Crippen molar-refractivity contribution in [3.05, 3.63) is 52.8 Å². The fourth-order valence-corrected chi connectivity index (χ4v) is 1.96. The fourth-order valence-electron chi connectivity index (χ4n) is 1.59. The minimum absolute atomic E-state index is 0.193. The smallest absolute Gasteiger partial charge is 0.257 e. The monoisotopic (exact) mass is 334 g/mol. The molecule has 1 heterocycles. The number of amides is 1. The Morgan fingerprint density at radius 3 is 2.70 bits per heavy atom. The lowest BCUT2D eigenvalue weighted by Crippen LogP contribution is -2.12. The van der Waals surface area contributed by atoms with Crippen LogP contribution in [0.2, 0.25) is 0 Å². The Bertz CT molecular complexity index is 585. The van der Waals surface area contributed by atoms with E-state index in [1.807, 2.05) is 24.3 Å². The number of hydrogen-bond donors (Lipinski definition) is 1. The fraction of sp³-hybridized carbons (Fsp3) is 0.200. The van der Waals surface area contributed by atoms with E-state index >= 15 is 0 Å². The first-order chi connectivity index (χ1) is 9.69. The van der Waals surface area contributed by atoms with Gasteiger partial charge in [-0.2, -0.15) is 0 Å². The first-order valence-electron chi connectivity index (χ1n) is 6.34. The molecule has 2 aromatic rings. The van der Waals surface area contributed by atoms with E-state index in [1.54, 1.807) is 12.3 Å². The van der Waals surface area contributed by atoms with Crippen LogP contribution < -0.4 is 10.1 Å². The van der Waals surface area contributed by atoms with E-state index in [2.05, 4.69) is 33.2 Å². The molecule has 1 aromatic heterocycles. The third-order valence-corrected chi connectivity index (χ3v) is 2.99. The highest BCUT2D eigenvalue weighted by atomic mass is 79.9. The molecule has 0 spiro atoms. The predicted octanol–water partition coefficient (Wildman–Crippen LogP) is 3.89. The second-order valence-corrected chi connectivity index (χ2v) is 5.13. The number of nitrogens with zero attached hydrogens (tertiary/aromatic N) is 1. The zero-order valence-corrected chi connectivity index (χ0v) is 12.7. The molecule has 2 rings (SSSR count). The van der Waals surface area contributed by atoms with Crippen molar-refractivity contribution >= 4 is 27.5 Å². The maximum Gasteiger partial charge on any atom is 0.257 e. The Morgan fingerprint density at radius 2 is 2.05 bits per heavy atom.